The zero-order valence-electron chi connectivity index (χ0n) is 13.1. The lowest BCUT2D eigenvalue weighted by Gasteiger charge is -2.30. The summed E-state index contributed by atoms with van der Waals surface area (Å²) in [7, 11) is 0. The fraction of sp³-hybridized carbons (Fsp3) is 0.278. The lowest BCUT2D eigenvalue weighted by Crippen LogP contribution is -2.30. The monoisotopic (exact) mass is 320 g/mol. The first-order valence-corrected chi connectivity index (χ1v) is 7.79. The molecule has 6 heteroatoms. The van der Waals surface area contributed by atoms with Crippen molar-refractivity contribution >= 4 is 23.0 Å². The summed E-state index contributed by atoms with van der Waals surface area (Å²) < 4.78 is 5.16. The first-order chi connectivity index (χ1) is 11.7. The molecule has 0 atom stereocenters. The second-order valence-electron chi connectivity index (χ2n) is 5.59. The van der Waals surface area contributed by atoms with Crippen LogP contribution in [0.2, 0.25) is 0 Å². The van der Waals surface area contributed by atoms with Gasteiger partial charge >= 0.3 is 0 Å². The summed E-state index contributed by atoms with van der Waals surface area (Å²) in [5, 5.41) is 11.6. The van der Waals surface area contributed by atoms with Crippen molar-refractivity contribution in [3.63, 3.8) is 0 Å². The normalized spacial score (nSPS) is 13.8. The van der Waals surface area contributed by atoms with E-state index in [0.717, 1.165) is 31.6 Å². The summed E-state index contributed by atoms with van der Waals surface area (Å²) in [6, 6.07) is 10.1. The summed E-state index contributed by atoms with van der Waals surface area (Å²) in [5.74, 6) is -0.271. The maximum Gasteiger partial charge on any atom is 0.291 e. The number of piperidine rings is 1. The van der Waals surface area contributed by atoms with Gasteiger partial charge in [-0.15, -0.1) is 0 Å². The Kier molecular flexibility index (Phi) is 4.49. The van der Waals surface area contributed by atoms with Crippen LogP contribution in [0.15, 0.2) is 34.7 Å². The molecule has 1 saturated heterocycles. The van der Waals surface area contributed by atoms with Crippen molar-refractivity contribution in [2.24, 2.45) is 0 Å². The molecule has 3 rings (SSSR count). The lowest BCUT2D eigenvalue weighted by molar-refractivity contribution is 0.0996. The van der Waals surface area contributed by atoms with Crippen molar-refractivity contribution in [3.05, 3.63) is 53.3 Å². The van der Waals surface area contributed by atoms with Gasteiger partial charge in [0, 0.05) is 13.1 Å². The van der Waals surface area contributed by atoms with Gasteiger partial charge in [-0.25, -0.2) is 4.85 Å². The van der Waals surface area contributed by atoms with E-state index in [9.17, 15) is 4.79 Å². The average molecular weight is 320 g/mol. The van der Waals surface area contributed by atoms with E-state index in [2.05, 4.69) is 15.1 Å². The van der Waals surface area contributed by atoms with Gasteiger partial charge in [0.15, 0.2) is 11.4 Å². The molecule has 24 heavy (non-hydrogen) atoms. The highest BCUT2D eigenvalue weighted by Gasteiger charge is 2.18. The van der Waals surface area contributed by atoms with Crippen molar-refractivity contribution in [1.82, 2.24) is 0 Å². The number of carbonyl (C=O) groups is 1. The van der Waals surface area contributed by atoms with Crippen LogP contribution in [-0.2, 0) is 0 Å². The van der Waals surface area contributed by atoms with Crippen LogP contribution >= 0.6 is 0 Å². The fourth-order valence-electron chi connectivity index (χ4n) is 2.81. The van der Waals surface area contributed by atoms with E-state index in [1.165, 1.54) is 18.6 Å². The minimum Gasteiger partial charge on any atom is -0.440 e. The Morgan fingerprint density at radius 3 is 2.71 bits per heavy atom. The largest absolute Gasteiger partial charge is 0.440 e. The number of hydrogen-bond acceptors (Lipinski definition) is 4. The third kappa shape index (κ3) is 3.23. The second-order valence-corrected chi connectivity index (χ2v) is 5.59. The van der Waals surface area contributed by atoms with Crippen LogP contribution in [0.1, 0.15) is 35.6 Å². The number of nitrogens with one attached hydrogen (secondary N) is 1. The molecule has 0 aliphatic carbocycles. The number of nitrogens with zero attached hydrogens (tertiary/aromatic N) is 3. The van der Waals surface area contributed by atoms with Gasteiger partial charge in [-0.3, -0.25) is 4.79 Å². The predicted molar refractivity (Wildman–Crippen MR) is 90.1 cm³/mol. The topological polar surface area (TPSA) is 73.6 Å². The molecule has 0 saturated carbocycles. The van der Waals surface area contributed by atoms with Gasteiger partial charge < -0.3 is 14.6 Å². The molecule has 120 valence electrons. The van der Waals surface area contributed by atoms with Crippen molar-refractivity contribution in [2.45, 2.75) is 19.3 Å². The van der Waals surface area contributed by atoms with Crippen LogP contribution in [0.25, 0.3) is 4.85 Å². The smallest absolute Gasteiger partial charge is 0.291 e. The second kappa shape index (κ2) is 6.89. The molecule has 6 nitrogen and oxygen atoms in total. The molecule has 1 aromatic heterocycles. The van der Waals surface area contributed by atoms with Gasteiger partial charge in [-0.2, -0.15) is 5.26 Å². The quantitative estimate of drug-likeness (QED) is 0.869. The van der Waals surface area contributed by atoms with Crippen molar-refractivity contribution in [1.29, 1.82) is 5.26 Å². The highest BCUT2D eigenvalue weighted by Crippen LogP contribution is 2.32. The van der Waals surface area contributed by atoms with E-state index in [0.29, 0.717) is 11.4 Å². The summed E-state index contributed by atoms with van der Waals surface area (Å²) in [6.07, 6.45) is 3.44. The Hall–Kier alpha value is -3.25. The van der Waals surface area contributed by atoms with Gasteiger partial charge in [-0.1, -0.05) is 6.07 Å². The zero-order chi connectivity index (χ0) is 16.9. The van der Waals surface area contributed by atoms with E-state index >= 15 is 0 Å². The lowest BCUT2D eigenvalue weighted by atomic mass is 10.1. The van der Waals surface area contributed by atoms with Crippen LogP contribution < -0.4 is 10.2 Å². The van der Waals surface area contributed by atoms with Gasteiger partial charge in [-0.05, 0) is 43.5 Å². The van der Waals surface area contributed by atoms with Gasteiger partial charge in [0.1, 0.15) is 6.07 Å². The number of amides is 1. The third-order valence-corrected chi connectivity index (χ3v) is 3.99. The first kappa shape index (κ1) is 15.6. The van der Waals surface area contributed by atoms with E-state index in [1.54, 1.807) is 12.1 Å². The molecule has 0 spiro atoms. The highest BCUT2D eigenvalue weighted by atomic mass is 16.3. The molecule has 0 unspecified atom stereocenters. The Morgan fingerprint density at radius 1 is 1.25 bits per heavy atom. The van der Waals surface area contributed by atoms with Crippen molar-refractivity contribution < 1.29 is 9.21 Å². The van der Waals surface area contributed by atoms with Crippen LogP contribution in [0.4, 0.5) is 17.1 Å². The number of rotatable bonds is 3. The Labute approximate surface area is 140 Å². The molecule has 1 aliphatic heterocycles. The molecule has 0 radical (unpaired) electrons. The minimum atomic E-state index is -0.433. The molecular formula is C18H16N4O2. The summed E-state index contributed by atoms with van der Waals surface area (Å²) >= 11 is 0. The van der Waals surface area contributed by atoms with Gasteiger partial charge in [0.25, 0.3) is 5.91 Å². The van der Waals surface area contributed by atoms with E-state index in [-0.39, 0.29) is 11.5 Å². The third-order valence-electron chi connectivity index (χ3n) is 3.99. The molecule has 2 aromatic rings. The van der Waals surface area contributed by atoms with E-state index < -0.39 is 5.91 Å². The Morgan fingerprint density at radius 2 is 2.04 bits per heavy atom. The molecular weight excluding hydrogens is 304 g/mol. The molecule has 1 fully saturated rings. The fourth-order valence-corrected chi connectivity index (χ4v) is 2.81. The standard InChI is InChI=1S/C18H16N4O2/c1-20-13-5-7-16(22-9-3-2-4-10-22)15(11-13)21-18(23)17-8-6-14(12-19)24-17/h5-8,11H,2-4,9-10H2,(H,21,23). The zero-order valence-corrected chi connectivity index (χ0v) is 13.1. The average Bonchev–Trinajstić information content (AvgIpc) is 3.12. The molecule has 1 amide bonds. The van der Waals surface area contributed by atoms with Gasteiger partial charge in [0.05, 0.1) is 17.9 Å². The molecule has 1 aliphatic rings. The highest BCUT2D eigenvalue weighted by molar-refractivity contribution is 6.04. The van der Waals surface area contributed by atoms with Crippen LogP contribution in [-0.4, -0.2) is 19.0 Å². The number of furan rings is 1. The Balaban J connectivity index is 1.88. The first-order valence-electron chi connectivity index (χ1n) is 7.79. The summed E-state index contributed by atoms with van der Waals surface area (Å²) in [5.41, 5.74) is 1.95. The SMILES string of the molecule is [C-]#[N+]c1ccc(N2CCCCC2)c(NC(=O)c2ccc(C#N)o2)c1. The number of carbonyl (C=O) groups excluding carboxylic acids is 1. The van der Waals surface area contributed by atoms with Crippen molar-refractivity contribution in [3.8, 4) is 6.07 Å². The Bertz CT molecular complexity index is 835. The number of anilines is 2. The predicted octanol–water partition coefficient (Wildman–Crippen LogP) is 3.94. The van der Waals surface area contributed by atoms with E-state index in [1.807, 2.05) is 12.1 Å². The number of nitriles is 1. The maximum absolute atomic E-state index is 12.4. The molecule has 2 heterocycles. The maximum atomic E-state index is 12.4. The summed E-state index contributed by atoms with van der Waals surface area (Å²) in [4.78, 5) is 18.0. The molecule has 1 aromatic carbocycles. The van der Waals surface area contributed by atoms with Crippen LogP contribution in [0, 0.1) is 17.9 Å². The van der Waals surface area contributed by atoms with Crippen LogP contribution in [0.3, 0.4) is 0 Å². The van der Waals surface area contributed by atoms with Crippen molar-refractivity contribution in [2.75, 3.05) is 23.3 Å². The van der Waals surface area contributed by atoms with Crippen LogP contribution in [0.5, 0.6) is 0 Å². The molecule has 0 bridgehead atoms. The van der Waals surface area contributed by atoms with Gasteiger partial charge in [0.2, 0.25) is 5.76 Å². The minimum absolute atomic E-state index is 0.0735. The summed E-state index contributed by atoms with van der Waals surface area (Å²) in [6.45, 7) is 9.03. The molecule has 1 N–H and O–H groups in total. The van der Waals surface area contributed by atoms with E-state index in [4.69, 9.17) is 16.3 Å². The number of hydrogen-bond donors (Lipinski definition) is 1. The number of benzene rings is 1.